The van der Waals surface area contributed by atoms with Crippen molar-refractivity contribution in [2.75, 3.05) is 24.6 Å². The minimum atomic E-state index is -1.19. The number of rotatable bonds is 10. The molecule has 1 N–H and O–H groups in total. The van der Waals surface area contributed by atoms with Gasteiger partial charge in [0.1, 0.15) is 18.2 Å². The number of nitrogens with zero attached hydrogens (tertiary/aromatic N) is 7. The van der Waals surface area contributed by atoms with Crippen molar-refractivity contribution < 1.29 is 14.3 Å². The molecule has 14 heteroatoms. The van der Waals surface area contributed by atoms with Crippen molar-refractivity contribution in [3.05, 3.63) is 50.4 Å². The number of aryl methyl sites for hydroxylation is 2. The average molecular weight is 691 g/mol. The Morgan fingerprint density at radius 1 is 1.12 bits per heavy atom. The number of hydrogen-bond donors (Lipinski definition) is 1. The Kier molecular flexibility index (Phi) is 10.4. The highest BCUT2D eigenvalue weighted by molar-refractivity contribution is 6.76. The van der Waals surface area contributed by atoms with E-state index < -0.39 is 31.0 Å². The van der Waals surface area contributed by atoms with Crippen LogP contribution in [0.2, 0.25) is 25.7 Å². The van der Waals surface area contributed by atoms with Crippen LogP contribution in [0.3, 0.4) is 0 Å². The molecule has 1 amide bonds. The monoisotopic (exact) mass is 690 g/mol. The molecule has 1 fully saturated rings. The number of carbonyl (C=O) groups excluding carboxylic acids is 1. The summed E-state index contributed by atoms with van der Waals surface area (Å²) in [4.78, 5) is 52.0. The second-order valence-electron chi connectivity index (χ2n) is 15.0. The van der Waals surface area contributed by atoms with E-state index in [9.17, 15) is 14.4 Å². The predicted molar refractivity (Wildman–Crippen MR) is 195 cm³/mol. The van der Waals surface area contributed by atoms with Gasteiger partial charge in [-0.3, -0.25) is 18.5 Å². The largest absolute Gasteiger partial charge is 0.444 e. The third kappa shape index (κ3) is 8.28. The number of fused-ring (bicyclic) bond motifs is 2. The molecule has 0 bridgehead atoms. The minimum absolute atomic E-state index is 0.0710. The van der Waals surface area contributed by atoms with E-state index in [0.29, 0.717) is 43.5 Å². The number of benzene rings is 1. The highest BCUT2D eigenvalue weighted by Crippen LogP contribution is 2.24. The highest BCUT2D eigenvalue weighted by Gasteiger charge is 2.29. The molecule has 4 aromatic rings. The third-order valence-electron chi connectivity index (χ3n) is 8.61. The van der Waals surface area contributed by atoms with E-state index in [1.807, 2.05) is 55.4 Å². The lowest BCUT2D eigenvalue weighted by atomic mass is 10.1. The summed E-state index contributed by atoms with van der Waals surface area (Å²) < 4.78 is 18.0. The molecule has 4 heterocycles. The molecular formula is C35H50N8O5Si. The Hall–Kier alpha value is -4.35. The second kappa shape index (κ2) is 14.2. The fourth-order valence-electron chi connectivity index (χ4n) is 6.07. The molecule has 264 valence electrons. The van der Waals surface area contributed by atoms with Crippen LogP contribution < -0.4 is 21.5 Å². The van der Waals surface area contributed by atoms with E-state index in [2.05, 4.69) is 36.8 Å². The molecule has 1 atom stereocenters. The first kappa shape index (κ1) is 35.9. The van der Waals surface area contributed by atoms with Crippen molar-refractivity contribution >= 4 is 42.3 Å². The Bertz CT molecular complexity index is 2030. The molecule has 0 saturated carbocycles. The first-order valence-electron chi connectivity index (χ1n) is 16.9. The third-order valence-corrected chi connectivity index (χ3v) is 10.3. The van der Waals surface area contributed by atoms with Gasteiger partial charge in [0.15, 0.2) is 11.2 Å². The average Bonchev–Trinajstić information content (AvgIpc) is 3.54. The van der Waals surface area contributed by atoms with Crippen LogP contribution in [0.15, 0.2) is 27.8 Å². The Morgan fingerprint density at radius 3 is 2.57 bits per heavy atom. The van der Waals surface area contributed by atoms with Gasteiger partial charge >= 0.3 is 11.8 Å². The molecule has 3 aromatic heterocycles. The van der Waals surface area contributed by atoms with Crippen molar-refractivity contribution in [3.8, 4) is 11.8 Å². The van der Waals surface area contributed by atoms with Crippen LogP contribution in [0.1, 0.15) is 51.9 Å². The summed E-state index contributed by atoms with van der Waals surface area (Å²) >= 11 is 0. The van der Waals surface area contributed by atoms with Gasteiger partial charge < -0.3 is 24.3 Å². The summed E-state index contributed by atoms with van der Waals surface area (Å²) in [6.07, 6.45) is 1.11. The molecule has 13 nitrogen and oxygen atoms in total. The zero-order valence-corrected chi connectivity index (χ0v) is 31.3. The normalized spacial score (nSPS) is 15.4. The Labute approximate surface area is 288 Å². The van der Waals surface area contributed by atoms with Crippen molar-refractivity contribution in [1.29, 1.82) is 0 Å². The lowest BCUT2D eigenvalue weighted by molar-refractivity contribution is 0.0499. The van der Waals surface area contributed by atoms with Gasteiger partial charge in [-0.05, 0) is 71.2 Å². The molecular weight excluding hydrogens is 641 g/mol. The minimum Gasteiger partial charge on any atom is -0.444 e. The van der Waals surface area contributed by atoms with Crippen LogP contribution in [-0.4, -0.2) is 73.7 Å². The molecule has 1 aliphatic rings. The van der Waals surface area contributed by atoms with Crippen molar-refractivity contribution in [2.24, 2.45) is 7.05 Å². The van der Waals surface area contributed by atoms with E-state index in [4.69, 9.17) is 19.4 Å². The maximum absolute atomic E-state index is 14.2. The first-order chi connectivity index (χ1) is 23.1. The number of ether oxygens (including phenoxy) is 2. The van der Waals surface area contributed by atoms with E-state index in [1.54, 1.807) is 18.5 Å². The van der Waals surface area contributed by atoms with Crippen molar-refractivity contribution in [1.82, 2.24) is 33.6 Å². The van der Waals surface area contributed by atoms with Gasteiger partial charge in [-0.1, -0.05) is 31.6 Å². The number of alkyl carbamates (subject to hydrolysis) is 1. The molecule has 0 spiro atoms. The second-order valence-corrected chi connectivity index (χ2v) is 20.6. The van der Waals surface area contributed by atoms with Crippen LogP contribution in [0.4, 0.5) is 10.7 Å². The van der Waals surface area contributed by atoms with Crippen molar-refractivity contribution in [3.63, 3.8) is 0 Å². The molecule has 5 rings (SSSR count). The summed E-state index contributed by atoms with van der Waals surface area (Å²) in [6.45, 7) is 18.7. The topological polar surface area (TPSA) is 130 Å². The van der Waals surface area contributed by atoms with Gasteiger partial charge in [0.25, 0.3) is 5.56 Å². The molecule has 1 unspecified atom stereocenters. The highest BCUT2D eigenvalue weighted by atomic mass is 28.3. The molecule has 1 saturated heterocycles. The number of anilines is 1. The van der Waals surface area contributed by atoms with Crippen LogP contribution in [0.5, 0.6) is 0 Å². The summed E-state index contributed by atoms with van der Waals surface area (Å²) in [7, 11) is 0.439. The predicted octanol–water partition coefficient (Wildman–Crippen LogP) is 4.43. The summed E-state index contributed by atoms with van der Waals surface area (Å²) in [5.41, 5.74) is 1.58. The van der Waals surface area contributed by atoms with Crippen LogP contribution in [-0.2, 0) is 36.3 Å². The van der Waals surface area contributed by atoms with Gasteiger partial charge in [-0.25, -0.2) is 14.6 Å². The number of aromatic nitrogens is 6. The maximum atomic E-state index is 14.2. The summed E-state index contributed by atoms with van der Waals surface area (Å²) in [5, 5.41) is 2.97. The van der Waals surface area contributed by atoms with Gasteiger partial charge in [0.05, 0.1) is 24.1 Å². The molecule has 0 radical (unpaired) electrons. The van der Waals surface area contributed by atoms with E-state index in [0.717, 1.165) is 41.3 Å². The zero-order chi connectivity index (χ0) is 35.7. The lowest BCUT2D eigenvalue weighted by Crippen LogP contribution is -2.49. The molecule has 1 aromatic carbocycles. The van der Waals surface area contributed by atoms with Gasteiger partial charge in [-0.15, -0.1) is 5.92 Å². The van der Waals surface area contributed by atoms with E-state index >= 15 is 0 Å². The molecule has 1 aliphatic heterocycles. The van der Waals surface area contributed by atoms with Crippen LogP contribution in [0, 0.1) is 18.8 Å². The lowest BCUT2D eigenvalue weighted by Gasteiger charge is -2.34. The SMILES string of the molecule is CC#CCn1c(N2CCCC(NC(=O)OC(C)(C)C)C2)nc2c1c(=O)n(Cc1ccc3c(c1)nc(C)n3COCC[Si](C)(C)C)c(=O)n2C. The quantitative estimate of drug-likeness (QED) is 0.147. The van der Waals surface area contributed by atoms with Crippen LogP contribution in [0.25, 0.3) is 22.2 Å². The smallest absolute Gasteiger partial charge is 0.407 e. The number of piperidine rings is 1. The summed E-state index contributed by atoms with van der Waals surface area (Å²) in [6, 6.07) is 6.74. The van der Waals surface area contributed by atoms with Crippen molar-refractivity contribution in [2.45, 2.75) is 105 Å². The van der Waals surface area contributed by atoms with E-state index in [-0.39, 0.29) is 19.1 Å². The van der Waals surface area contributed by atoms with E-state index in [1.165, 1.54) is 9.13 Å². The van der Waals surface area contributed by atoms with Gasteiger partial charge in [0, 0.05) is 40.9 Å². The number of amides is 1. The maximum Gasteiger partial charge on any atom is 0.407 e. The molecule has 0 aliphatic carbocycles. The number of hydrogen-bond acceptors (Lipinski definition) is 8. The number of nitrogens with one attached hydrogen (secondary N) is 1. The van der Waals surface area contributed by atoms with Gasteiger partial charge in [-0.2, -0.15) is 4.98 Å². The number of carbonyl (C=O) groups is 1. The Morgan fingerprint density at radius 2 is 1.88 bits per heavy atom. The fourth-order valence-corrected chi connectivity index (χ4v) is 6.83. The first-order valence-corrected chi connectivity index (χ1v) is 20.6. The number of imidazole rings is 2. The zero-order valence-electron chi connectivity index (χ0n) is 30.3. The fraction of sp³-hybridized carbons (Fsp3) is 0.571. The summed E-state index contributed by atoms with van der Waals surface area (Å²) in [5.74, 6) is 7.37. The van der Waals surface area contributed by atoms with Gasteiger partial charge in [0.2, 0.25) is 5.95 Å². The molecule has 49 heavy (non-hydrogen) atoms. The Balaban J connectivity index is 1.45. The standard InChI is InChI=1S/C35H50N8O5Si/c1-10-11-17-41-29-30(38-32(41)40-16-12-13-26(22-40)37-33(45)48-35(3,4)5)39(6)34(46)42(31(29)44)21-25-14-15-28-27(20-25)36-24(2)43(28)23-47-18-19-49(7,8)9/h14-15,20,26H,12-13,16-19,21-23H2,1-9H3,(H,37,45). The van der Waals surface area contributed by atoms with Crippen LogP contribution >= 0.6 is 0 Å².